The summed E-state index contributed by atoms with van der Waals surface area (Å²) in [5.74, 6) is -1.15. The van der Waals surface area contributed by atoms with Crippen molar-refractivity contribution in [2.24, 2.45) is 0 Å². The van der Waals surface area contributed by atoms with Crippen LogP contribution in [0.3, 0.4) is 0 Å². The predicted octanol–water partition coefficient (Wildman–Crippen LogP) is 3.52. The Balaban J connectivity index is 1.70. The molecule has 0 aromatic heterocycles. The van der Waals surface area contributed by atoms with E-state index in [4.69, 9.17) is 0 Å². The lowest BCUT2D eigenvalue weighted by atomic mass is 9.90. The maximum Gasteiger partial charge on any atom is 0.245 e. The van der Waals surface area contributed by atoms with Crippen molar-refractivity contribution in [2.75, 3.05) is 6.61 Å². The van der Waals surface area contributed by atoms with E-state index in [0.29, 0.717) is 0 Å². The van der Waals surface area contributed by atoms with Gasteiger partial charge in [-0.1, -0.05) is 92.8 Å². The highest BCUT2D eigenvalue weighted by Crippen LogP contribution is 2.25. The molecule has 0 heterocycles. The van der Waals surface area contributed by atoms with Crippen molar-refractivity contribution >= 4 is 11.8 Å². The molecule has 1 saturated carbocycles. The molecule has 1 aliphatic rings. The Bertz CT molecular complexity index is 747. The SMILES string of the molecule is O=C(N[C@@H](CO)C(=O)NC1CCCCCCC1)C(c1ccccc1)c1ccccc1. The first kappa shape index (κ1) is 22.0. The van der Waals surface area contributed by atoms with Gasteiger partial charge in [0.1, 0.15) is 6.04 Å². The van der Waals surface area contributed by atoms with E-state index in [-0.39, 0.29) is 17.9 Å². The summed E-state index contributed by atoms with van der Waals surface area (Å²) in [4.78, 5) is 26.0. The minimum Gasteiger partial charge on any atom is -0.394 e. The van der Waals surface area contributed by atoms with Gasteiger partial charge in [0.05, 0.1) is 12.5 Å². The third-order valence-corrected chi connectivity index (χ3v) is 5.80. The number of benzene rings is 2. The smallest absolute Gasteiger partial charge is 0.245 e. The Kier molecular flexibility index (Phi) is 8.45. The number of aliphatic hydroxyl groups is 1. The second kappa shape index (κ2) is 11.5. The summed E-state index contributed by atoms with van der Waals surface area (Å²) in [7, 11) is 0. The summed E-state index contributed by atoms with van der Waals surface area (Å²) >= 11 is 0. The number of hydrogen-bond donors (Lipinski definition) is 3. The van der Waals surface area contributed by atoms with Crippen LogP contribution in [0.1, 0.15) is 62.0 Å². The van der Waals surface area contributed by atoms with Gasteiger partial charge >= 0.3 is 0 Å². The molecule has 0 radical (unpaired) electrons. The van der Waals surface area contributed by atoms with E-state index in [1.807, 2.05) is 60.7 Å². The first-order valence-corrected chi connectivity index (χ1v) is 11.0. The summed E-state index contributed by atoms with van der Waals surface area (Å²) in [6.07, 6.45) is 7.76. The third-order valence-electron chi connectivity index (χ3n) is 5.80. The minimum atomic E-state index is -0.960. The van der Waals surface area contributed by atoms with Gasteiger partial charge in [-0.3, -0.25) is 9.59 Å². The van der Waals surface area contributed by atoms with Gasteiger partial charge in [-0.05, 0) is 24.0 Å². The van der Waals surface area contributed by atoms with E-state index >= 15 is 0 Å². The van der Waals surface area contributed by atoms with Gasteiger partial charge in [0.25, 0.3) is 0 Å². The molecule has 3 rings (SSSR count). The van der Waals surface area contributed by atoms with E-state index < -0.39 is 18.6 Å². The van der Waals surface area contributed by atoms with Crippen molar-refractivity contribution < 1.29 is 14.7 Å². The normalized spacial score (nSPS) is 16.3. The molecule has 0 spiro atoms. The first-order chi connectivity index (χ1) is 14.7. The van der Waals surface area contributed by atoms with E-state index in [1.54, 1.807) is 0 Å². The number of aliphatic hydroxyl groups excluding tert-OH is 1. The van der Waals surface area contributed by atoms with Crippen molar-refractivity contribution in [2.45, 2.75) is 62.9 Å². The van der Waals surface area contributed by atoms with Gasteiger partial charge < -0.3 is 15.7 Å². The maximum absolute atomic E-state index is 13.2. The van der Waals surface area contributed by atoms with Gasteiger partial charge in [-0.25, -0.2) is 0 Å². The predicted molar refractivity (Wildman–Crippen MR) is 118 cm³/mol. The van der Waals surface area contributed by atoms with Crippen molar-refractivity contribution in [3.63, 3.8) is 0 Å². The molecule has 2 amide bonds. The molecule has 1 aliphatic carbocycles. The molecule has 1 fully saturated rings. The fraction of sp³-hybridized carbons (Fsp3) is 0.440. The summed E-state index contributed by atoms with van der Waals surface area (Å²) in [6, 6.07) is 18.1. The summed E-state index contributed by atoms with van der Waals surface area (Å²) < 4.78 is 0. The Labute approximate surface area is 178 Å². The molecule has 5 nitrogen and oxygen atoms in total. The standard InChI is InChI=1S/C25H32N2O3/c28-18-22(24(29)26-21-16-10-2-1-3-11-17-21)27-25(30)23(19-12-6-4-7-13-19)20-14-8-5-9-15-20/h4-9,12-15,21-23,28H,1-3,10-11,16-18H2,(H,26,29)(H,27,30)/t22-/m0/s1. The van der Waals surface area contributed by atoms with Crippen LogP contribution in [-0.4, -0.2) is 35.6 Å². The zero-order valence-corrected chi connectivity index (χ0v) is 17.4. The maximum atomic E-state index is 13.2. The van der Waals surface area contributed by atoms with Crippen LogP contribution in [0.15, 0.2) is 60.7 Å². The van der Waals surface area contributed by atoms with Crippen LogP contribution in [0.2, 0.25) is 0 Å². The number of rotatable bonds is 7. The largest absolute Gasteiger partial charge is 0.394 e. The molecule has 3 N–H and O–H groups in total. The molecule has 2 aromatic rings. The van der Waals surface area contributed by atoms with Gasteiger partial charge in [0, 0.05) is 6.04 Å². The molecule has 0 unspecified atom stereocenters. The number of amides is 2. The van der Waals surface area contributed by atoms with Crippen molar-refractivity contribution in [3.8, 4) is 0 Å². The summed E-state index contributed by atoms with van der Waals surface area (Å²) in [6.45, 7) is -0.430. The molecule has 2 aromatic carbocycles. The Hall–Kier alpha value is -2.66. The van der Waals surface area contributed by atoms with Gasteiger partial charge in [0.15, 0.2) is 0 Å². The topological polar surface area (TPSA) is 78.4 Å². The lowest BCUT2D eigenvalue weighted by Gasteiger charge is -2.25. The average Bonchev–Trinajstić information content (AvgIpc) is 2.75. The molecular formula is C25H32N2O3. The van der Waals surface area contributed by atoms with Crippen LogP contribution >= 0.6 is 0 Å². The highest BCUT2D eigenvalue weighted by molar-refractivity contribution is 5.92. The zero-order valence-electron chi connectivity index (χ0n) is 17.4. The van der Waals surface area contributed by atoms with Crippen LogP contribution in [0, 0.1) is 0 Å². The fourth-order valence-corrected chi connectivity index (χ4v) is 4.14. The molecule has 5 heteroatoms. The Morgan fingerprint density at radius 3 is 1.80 bits per heavy atom. The van der Waals surface area contributed by atoms with Crippen molar-refractivity contribution in [1.29, 1.82) is 0 Å². The highest BCUT2D eigenvalue weighted by Gasteiger charge is 2.28. The van der Waals surface area contributed by atoms with Crippen LogP contribution < -0.4 is 10.6 Å². The fourth-order valence-electron chi connectivity index (χ4n) is 4.14. The summed E-state index contributed by atoms with van der Waals surface area (Å²) in [5, 5.41) is 15.7. The second-order valence-corrected chi connectivity index (χ2v) is 8.05. The first-order valence-electron chi connectivity index (χ1n) is 11.0. The average molecular weight is 409 g/mol. The van der Waals surface area contributed by atoms with Crippen molar-refractivity contribution in [1.82, 2.24) is 10.6 Å². The third kappa shape index (κ3) is 6.17. The van der Waals surface area contributed by atoms with Gasteiger partial charge in [-0.15, -0.1) is 0 Å². The van der Waals surface area contributed by atoms with E-state index in [9.17, 15) is 14.7 Å². The summed E-state index contributed by atoms with van der Waals surface area (Å²) in [5.41, 5.74) is 1.69. The highest BCUT2D eigenvalue weighted by atomic mass is 16.3. The monoisotopic (exact) mass is 408 g/mol. The van der Waals surface area contributed by atoms with Crippen LogP contribution in [-0.2, 0) is 9.59 Å². The quantitative estimate of drug-likeness (QED) is 0.656. The van der Waals surface area contributed by atoms with Crippen LogP contribution in [0.5, 0.6) is 0 Å². The van der Waals surface area contributed by atoms with E-state index in [0.717, 1.165) is 36.8 Å². The lowest BCUT2D eigenvalue weighted by Crippen LogP contribution is -2.52. The van der Waals surface area contributed by atoms with E-state index in [2.05, 4.69) is 10.6 Å². The van der Waals surface area contributed by atoms with Crippen LogP contribution in [0.25, 0.3) is 0 Å². The lowest BCUT2D eigenvalue weighted by molar-refractivity contribution is -0.130. The van der Waals surface area contributed by atoms with Crippen molar-refractivity contribution in [3.05, 3.63) is 71.8 Å². The zero-order chi connectivity index (χ0) is 21.2. The number of carbonyl (C=O) groups is 2. The molecule has 1 atom stereocenters. The minimum absolute atomic E-state index is 0.114. The Morgan fingerprint density at radius 2 is 1.30 bits per heavy atom. The number of hydrogen-bond acceptors (Lipinski definition) is 3. The van der Waals surface area contributed by atoms with E-state index in [1.165, 1.54) is 19.3 Å². The molecule has 0 aliphatic heterocycles. The molecule has 0 bridgehead atoms. The molecular weight excluding hydrogens is 376 g/mol. The molecule has 30 heavy (non-hydrogen) atoms. The van der Waals surface area contributed by atoms with Crippen LogP contribution in [0.4, 0.5) is 0 Å². The Morgan fingerprint density at radius 1 is 0.800 bits per heavy atom. The molecule has 160 valence electrons. The second-order valence-electron chi connectivity index (χ2n) is 8.05. The van der Waals surface area contributed by atoms with Gasteiger partial charge in [0.2, 0.25) is 11.8 Å². The number of carbonyl (C=O) groups excluding carboxylic acids is 2. The molecule has 0 saturated heterocycles. The van der Waals surface area contributed by atoms with Gasteiger partial charge in [-0.2, -0.15) is 0 Å². The number of nitrogens with one attached hydrogen (secondary N) is 2.